The predicted molar refractivity (Wildman–Crippen MR) is 107 cm³/mol. The van der Waals surface area contributed by atoms with Gasteiger partial charge in [0.1, 0.15) is 0 Å². The zero-order valence-corrected chi connectivity index (χ0v) is 15.8. The second-order valence-corrected chi connectivity index (χ2v) is 7.26. The van der Waals surface area contributed by atoms with E-state index >= 15 is 0 Å². The molecule has 1 aromatic heterocycles. The number of halogens is 2. The number of hydrogen-bond donors (Lipinski definition) is 2. The van der Waals surface area contributed by atoms with Crippen molar-refractivity contribution in [3.8, 4) is 11.1 Å². The number of nitrogens with zero attached hydrogens (tertiary/aromatic N) is 3. The first-order valence-electron chi connectivity index (χ1n) is 8.67. The number of H-pyrrole nitrogens is 1. The zero-order chi connectivity index (χ0) is 18.1. The predicted octanol–water partition coefficient (Wildman–Crippen LogP) is 3.65. The number of nitrogens with one attached hydrogen (secondary N) is 1. The number of hydrogen-bond acceptors (Lipinski definition) is 4. The summed E-state index contributed by atoms with van der Waals surface area (Å²) in [6.07, 6.45) is 1.69. The van der Waals surface area contributed by atoms with Crippen molar-refractivity contribution < 1.29 is 5.11 Å². The highest BCUT2D eigenvalue weighted by Gasteiger charge is 2.17. The molecule has 1 aliphatic rings. The number of aromatic amines is 1. The Morgan fingerprint density at radius 1 is 1.08 bits per heavy atom. The minimum absolute atomic E-state index is 0.221. The molecule has 0 amide bonds. The van der Waals surface area contributed by atoms with Gasteiger partial charge in [0.25, 0.3) is 0 Å². The average Bonchev–Trinajstić information content (AvgIpc) is 3.17. The van der Waals surface area contributed by atoms with Gasteiger partial charge in [-0.1, -0.05) is 35.3 Å². The number of β-amino-alcohol motifs (C(OH)–C–C–N with tert-alkyl or cyclic N) is 1. The fourth-order valence-electron chi connectivity index (χ4n) is 3.47. The van der Waals surface area contributed by atoms with Gasteiger partial charge in [0, 0.05) is 49.4 Å². The van der Waals surface area contributed by atoms with Crippen LogP contribution in [-0.4, -0.2) is 59.5 Å². The summed E-state index contributed by atoms with van der Waals surface area (Å²) in [5.41, 5.74) is 3.88. The Morgan fingerprint density at radius 2 is 1.81 bits per heavy atom. The number of fused-ring (bicyclic) bond motifs is 1. The second kappa shape index (κ2) is 7.45. The van der Waals surface area contributed by atoms with Crippen molar-refractivity contribution in [1.82, 2.24) is 15.1 Å². The van der Waals surface area contributed by atoms with Gasteiger partial charge in [0.15, 0.2) is 0 Å². The number of benzene rings is 2. The quantitative estimate of drug-likeness (QED) is 0.713. The molecule has 136 valence electrons. The number of aromatic nitrogens is 2. The van der Waals surface area contributed by atoms with Crippen LogP contribution in [-0.2, 0) is 0 Å². The van der Waals surface area contributed by atoms with E-state index in [4.69, 9.17) is 28.3 Å². The monoisotopic (exact) mass is 390 g/mol. The maximum Gasteiger partial charge on any atom is 0.0857 e. The first-order valence-corrected chi connectivity index (χ1v) is 9.42. The van der Waals surface area contributed by atoms with Crippen LogP contribution in [0.2, 0.25) is 10.0 Å². The number of piperazine rings is 1. The molecule has 0 bridgehead atoms. The van der Waals surface area contributed by atoms with Gasteiger partial charge in [-0.3, -0.25) is 10.00 Å². The van der Waals surface area contributed by atoms with Crippen LogP contribution in [0.25, 0.3) is 22.0 Å². The summed E-state index contributed by atoms with van der Waals surface area (Å²) in [5, 5.41) is 18.1. The van der Waals surface area contributed by atoms with Crippen LogP contribution in [0.3, 0.4) is 0 Å². The van der Waals surface area contributed by atoms with Crippen molar-refractivity contribution in [2.24, 2.45) is 0 Å². The van der Waals surface area contributed by atoms with Gasteiger partial charge in [-0.25, -0.2) is 0 Å². The molecular weight excluding hydrogens is 371 g/mol. The van der Waals surface area contributed by atoms with E-state index in [0.717, 1.165) is 54.8 Å². The number of aliphatic hydroxyl groups excluding tert-OH is 1. The van der Waals surface area contributed by atoms with Crippen LogP contribution in [0.4, 0.5) is 5.69 Å². The molecule has 2 heterocycles. The Bertz CT molecular complexity index is 902. The van der Waals surface area contributed by atoms with E-state index in [-0.39, 0.29) is 6.61 Å². The van der Waals surface area contributed by atoms with Gasteiger partial charge in [-0.15, -0.1) is 0 Å². The molecule has 26 heavy (non-hydrogen) atoms. The highest BCUT2D eigenvalue weighted by atomic mass is 35.5. The van der Waals surface area contributed by atoms with Crippen molar-refractivity contribution in [3.05, 3.63) is 46.6 Å². The Kier molecular flexibility index (Phi) is 5.05. The Morgan fingerprint density at radius 3 is 2.50 bits per heavy atom. The molecule has 1 aliphatic heterocycles. The molecule has 4 rings (SSSR count). The summed E-state index contributed by atoms with van der Waals surface area (Å²) < 4.78 is 0. The summed E-state index contributed by atoms with van der Waals surface area (Å²) in [5.74, 6) is 0. The molecule has 0 aliphatic carbocycles. The SMILES string of the molecule is OCCN1CCN(c2ccc(-c3cc(Cl)c4cn[nH]c4c3Cl)cc2)CC1. The van der Waals surface area contributed by atoms with Crippen LogP contribution < -0.4 is 4.90 Å². The maximum absolute atomic E-state index is 9.05. The van der Waals surface area contributed by atoms with E-state index in [1.54, 1.807) is 6.20 Å². The minimum atomic E-state index is 0.221. The third kappa shape index (κ3) is 3.28. The number of aliphatic hydroxyl groups is 1. The average molecular weight is 391 g/mol. The lowest BCUT2D eigenvalue weighted by atomic mass is 10.0. The van der Waals surface area contributed by atoms with E-state index in [0.29, 0.717) is 10.0 Å². The van der Waals surface area contributed by atoms with Gasteiger partial charge in [0.2, 0.25) is 0 Å². The fraction of sp³-hybridized carbons (Fsp3) is 0.316. The normalized spacial score (nSPS) is 15.7. The third-order valence-electron chi connectivity index (χ3n) is 4.96. The summed E-state index contributed by atoms with van der Waals surface area (Å²) >= 11 is 12.9. The molecule has 0 unspecified atom stereocenters. The van der Waals surface area contributed by atoms with Crippen molar-refractivity contribution in [2.45, 2.75) is 0 Å². The Hall–Kier alpha value is -1.79. The van der Waals surface area contributed by atoms with E-state index in [1.807, 2.05) is 6.07 Å². The van der Waals surface area contributed by atoms with Crippen LogP contribution in [0.15, 0.2) is 36.5 Å². The van der Waals surface area contributed by atoms with E-state index in [2.05, 4.69) is 44.3 Å². The zero-order valence-electron chi connectivity index (χ0n) is 14.3. The lowest BCUT2D eigenvalue weighted by Crippen LogP contribution is -2.47. The van der Waals surface area contributed by atoms with Crippen molar-refractivity contribution in [2.75, 3.05) is 44.2 Å². The standard InChI is InChI=1S/C19H20Cl2N4O/c20-17-11-15(18(21)19-16(17)12-22-23-19)13-1-3-14(4-2-13)25-7-5-24(6-8-25)9-10-26/h1-4,11-12,26H,5-10H2,(H,22,23). The highest BCUT2D eigenvalue weighted by Crippen LogP contribution is 2.38. The van der Waals surface area contributed by atoms with Gasteiger partial charge in [-0.05, 0) is 23.8 Å². The lowest BCUT2D eigenvalue weighted by Gasteiger charge is -2.35. The smallest absolute Gasteiger partial charge is 0.0857 e. The summed E-state index contributed by atoms with van der Waals surface area (Å²) in [6, 6.07) is 10.3. The summed E-state index contributed by atoms with van der Waals surface area (Å²) in [4.78, 5) is 4.65. The molecule has 7 heteroatoms. The van der Waals surface area contributed by atoms with Gasteiger partial charge >= 0.3 is 0 Å². The Labute approximate surface area is 162 Å². The maximum atomic E-state index is 9.05. The third-order valence-corrected chi connectivity index (χ3v) is 5.66. The molecule has 1 fully saturated rings. The molecular formula is C19H20Cl2N4O. The van der Waals surface area contributed by atoms with E-state index < -0.39 is 0 Å². The molecule has 0 atom stereocenters. The first-order chi connectivity index (χ1) is 12.7. The molecule has 3 aromatic rings. The topological polar surface area (TPSA) is 55.4 Å². The van der Waals surface area contributed by atoms with Crippen LogP contribution in [0.1, 0.15) is 0 Å². The van der Waals surface area contributed by atoms with Gasteiger partial charge in [0.05, 0.1) is 28.4 Å². The van der Waals surface area contributed by atoms with Crippen molar-refractivity contribution in [3.63, 3.8) is 0 Å². The second-order valence-electron chi connectivity index (χ2n) is 6.48. The van der Waals surface area contributed by atoms with Crippen LogP contribution >= 0.6 is 23.2 Å². The number of anilines is 1. The largest absolute Gasteiger partial charge is 0.395 e. The molecule has 1 saturated heterocycles. The molecule has 5 nitrogen and oxygen atoms in total. The molecule has 2 aromatic carbocycles. The molecule has 2 N–H and O–H groups in total. The Balaban J connectivity index is 1.56. The molecule has 0 saturated carbocycles. The highest BCUT2D eigenvalue weighted by molar-refractivity contribution is 6.42. The first kappa shape index (κ1) is 17.6. The van der Waals surface area contributed by atoms with E-state index in [1.165, 1.54) is 5.69 Å². The molecule has 0 spiro atoms. The van der Waals surface area contributed by atoms with Crippen molar-refractivity contribution in [1.29, 1.82) is 0 Å². The van der Waals surface area contributed by atoms with Crippen LogP contribution in [0, 0.1) is 0 Å². The van der Waals surface area contributed by atoms with Gasteiger partial charge in [-0.2, -0.15) is 5.10 Å². The summed E-state index contributed by atoms with van der Waals surface area (Å²) in [6.45, 7) is 4.85. The van der Waals surface area contributed by atoms with E-state index in [9.17, 15) is 0 Å². The lowest BCUT2D eigenvalue weighted by molar-refractivity contribution is 0.189. The van der Waals surface area contributed by atoms with Gasteiger partial charge < -0.3 is 10.0 Å². The van der Waals surface area contributed by atoms with Crippen LogP contribution in [0.5, 0.6) is 0 Å². The minimum Gasteiger partial charge on any atom is -0.395 e. The number of rotatable bonds is 4. The van der Waals surface area contributed by atoms with Crippen molar-refractivity contribution >= 4 is 39.8 Å². The fourth-order valence-corrected chi connectivity index (χ4v) is 4.03. The summed E-state index contributed by atoms with van der Waals surface area (Å²) in [7, 11) is 0. The molecule has 0 radical (unpaired) electrons.